The van der Waals surface area contributed by atoms with E-state index in [2.05, 4.69) is 95.9 Å². The number of hydrogen-bond acceptors (Lipinski definition) is 1. The second kappa shape index (κ2) is 6.42. The summed E-state index contributed by atoms with van der Waals surface area (Å²) < 4.78 is 2.15. The van der Waals surface area contributed by atoms with Crippen molar-refractivity contribution in [1.29, 1.82) is 0 Å². The molecule has 1 aromatic heterocycles. The Morgan fingerprint density at radius 3 is 1.86 bits per heavy atom. The highest BCUT2D eigenvalue weighted by atomic mass is 15.0. The first-order valence-electron chi connectivity index (χ1n) is 7.28. The Hall–Kier alpha value is -2.32. The Morgan fingerprint density at radius 2 is 1.38 bits per heavy atom. The van der Waals surface area contributed by atoms with Crippen LogP contribution >= 0.6 is 0 Å². The number of rotatable bonds is 5. The maximum Gasteiger partial charge on any atom is 0.0579 e. The lowest BCUT2D eigenvalue weighted by Gasteiger charge is -2.20. The summed E-state index contributed by atoms with van der Waals surface area (Å²) in [4.78, 5) is 0. The van der Waals surface area contributed by atoms with Gasteiger partial charge in [-0.1, -0.05) is 60.7 Å². The van der Waals surface area contributed by atoms with Crippen LogP contribution in [0.5, 0.6) is 0 Å². The summed E-state index contributed by atoms with van der Waals surface area (Å²) in [6.45, 7) is 0.845. The average Bonchev–Trinajstić information content (AvgIpc) is 2.95. The molecule has 0 unspecified atom stereocenters. The van der Waals surface area contributed by atoms with Crippen molar-refractivity contribution in [2.75, 3.05) is 0 Å². The summed E-state index contributed by atoms with van der Waals surface area (Å²) in [7, 11) is 2.08. The molecule has 0 aliphatic heterocycles. The summed E-state index contributed by atoms with van der Waals surface area (Å²) in [6, 6.07) is 25.6. The van der Waals surface area contributed by atoms with Crippen molar-refractivity contribution in [1.82, 2.24) is 9.88 Å². The molecule has 106 valence electrons. The minimum absolute atomic E-state index is 0.210. The van der Waals surface area contributed by atoms with Crippen LogP contribution in [0.25, 0.3) is 0 Å². The van der Waals surface area contributed by atoms with E-state index >= 15 is 0 Å². The molecular formula is C19H20N2. The highest BCUT2D eigenvalue weighted by Gasteiger charge is 2.13. The third-order valence-corrected chi connectivity index (χ3v) is 3.80. The van der Waals surface area contributed by atoms with E-state index in [1.54, 1.807) is 0 Å². The molecule has 1 heterocycles. The minimum atomic E-state index is 0.210. The highest BCUT2D eigenvalue weighted by Crippen LogP contribution is 2.22. The van der Waals surface area contributed by atoms with Crippen LogP contribution in [-0.2, 0) is 13.6 Å². The molecule has 0 aliphatic rings. The number of aryl methyl sites for hydroxylation is 1. The third-order valence-electron chi connectivity index (χ3n) is 3.80. The Labute approximate surface area is 126 Å². The van der Waals surface area contributed by atoms with E-state index in [0.717, 1.165) is 6.54 Å². The summed E-state index contributed by atoms with van der Waals surface area (Å²) in [5.41, 5.74) is 3.86. The molecule has 0 aliphatic carbocycles. The summed E-state index contributed by atoms with van der Waals surface area (Å²) in [5.74, 6) is 0. The van der Waals surface area contributed by atoms with Gasteiger partial charge < -0.3 is 9.88 Å². The van der Waals surface area contributed by atoms with Gasteiger partial charge in [0.2, 0.25) is 0 Å². The predicted molar refractivity (Wildman–Crippen MR) is 87.0 cm³/mol. The third kappa shape index (κ3) is 3.23. The van der Waals surface area contributed by atoms with Gasteiger partial charge in [-0.25, -0.2) is 0 Å². The Morgan fingerprint density at radius 1 is 0.810 bits per heavy atom. The first kappa shape index (κ1) is 13.7. The lowest BCUT2D eigenvalue weighted by Crippen LogP contribution is -2.23. The molecule has 2 nitrogen and oxygen atoms in total. The minimum Gasteiger partial charge on any atom is -0.353 e. The second-order valence-corrected chi connectivity index (χ2v) is 5.25. The fourth-order valence-electron chi connectivity index (χ4n) is 2.61. The van der Waals surface area contributed by atoms with Gasteiger partial charge in [-0.3, -0.25) is 0 Å². The Bertz CT molecular complexity index is 632. The van der Waals surface area contributed by atoms with E-state index in [1.165, 1.54) is 16.8 Å². The predicted octanol–water partition coefficient (Wildman–Crippen LogP) is 3.90. The molecule has 0 spiro atoms. The van der Waals surface area contributed by atoms with Gasteiger partial charge >= 0.3 is 0 Å². The Kier molecular flexibility index (Phi) is 4.17. The van der Waals surface area contributed by atoms with Crippen LogP contribution in [0.1, 0.15) is 22.9 Å². The largest absolute Gasteiger partial charge is 0.353 e. The van der Waals surface area contributed by atoms with E-state index in [4.69, 9.17) is 0 Å². The number of benzene rings is 2. The van der Waals surface area contributed by atoms with Crippen molar-refractivity contribution in [2.45, 2.75) is 12.6 Å². The lowest BCUT2D eigenvalue weighted by atomic mass is 9.99. The fraction of sp³-hybridized carbons (Fsp3) is 0.158. The van der Waals surface area contributed by atoms with Gasteiger partial charge in [0, 0.05) is 25.5 Å². The van der Waals surface area contributed by atoms with Crippen LogP contribution in [0, 0.1) is 0 Å². The molecular weight excluding hydrogens is 256 g/mol. The molecule has 0 amide bonds. The standard InChI is InChI=1S/C19H20N2/c1-21-14-8-13-18(21)15-20-19(16-9-4-2-5-10-16)17-11-6-3-7-12-17/h2-14,19-20H,15H2,1H3. The van der Waals surface area contributed by atoms with Gasteiger partial charge in [0.15, 0.2) is 0 Å². The molecule has 2 heteroatoms. The van der Waals surface area contributed by atoms with E-state index in [-0.39, 0.29) is 6.04 Å². The van der Waals surface area contributed by atoms with Crippen molar-refractivity contribution < 1.29 is 0 Å². The zero-order chi connectivity index (χ0) is 14.5. The number of nitrogens with zero attached hydrogens (tertiary/aromatic N) is 1. The van der Waals surface area contributed by atoms with Crippen molar-refractivity contribution in [3.8, 4) is 0 Å². The van der Waals surface area contributed by atoms with Gasteiger partial charge in [-0.15, -0.1) is 0 Å². The number of nitrogens with one attached hydrogen (secondary N) is 1. The van der Waals surface area contributed by atoms with Gasteiger partial charge in [0.1, 0.15) is 0 Å². The average molecular weight is 276 g/mol. The zero-order valence-electron chi connectivity index (χ0n) is 12.2. The molecule has 0 fully saturated rings. The van der Waals surface area contributed by atoms with Crippen molar-refractivity contribution in [3.63, 3.8) is 0 Å². The zero-order valence-corrected chi connectivity index (χ0v) is 12.2. The van der Waals surface area contributed by atoms with Gasteiger partial charge in [-0.05, 0) is 23.3 Å². The fourth-order valence-corrected chi connectivity index (χ4v) is 2.61. The van der Waals surface area contributed by atoms with Crippen LogP contribution in [0.2, 0.25) is 0 Å². The molecule has 1 N–H and O–H groups in total. The first-order valence-corrected chi connectivity index (χ1v) is 7.28. The van der Waals surface area contributed by atoms with Gasteiger partial charge in [-0.2, -0.15) is 0 Å². The van der Waals surface area contributed by atoms with E-state index in [0.29, 0.717) is 0 Å². The maximum absolute atomic E-state index is 3.67. The summed E-state index contributed by atoms with van der Waals surface area (Å²) >= 11 is 0. The molecule has 21 heavy (non-hydrogen) atoms. The van der Waals surface area contributed by atoms with Crippen LogP contribution in [0.3, 0.4) is 0 Å². The van der Waals surface area contributed by atoms with Crippen LogP contribution in [0.15, 0.2) is 79.0 Å². The number of hydrogen-bond donors (Lipinski definition) is 1. The van der Waals surface area contributed by atoms with E-state index in [9.17, 15) is 0 Å². The van der Waals surface area contributed by atoms with Crippen LogP contribution in [0.4, 0.5) is 0 Å². The van der Waals surface area contributed by atoms with E-state index in [1.807, 2.05) is 0 Å². The molecule has 0 bridgehead atoms. The highest BCUT2D eigenvalue weighted by molar-refractivity contribution is 5.31. The molecule has 3 rings (SSSR count). The number of aromatic nitrogens is 1. The van der Waals surface area contributed by atoms with Crippen molar-refractivity contribution in [3.05, 3.63) is 95.8 Å². The molecule has 3 aromatic rings. The SMILES string of the molecule is Cn1cccc1CNC(c1ccccc1)c1ccccc1. The Balaban J connectivity index is 1.85. The normalized spacial score (nSPS) is 11.0. The second-order valence-electron chi connectivity index (χ2n) is 5.25. The molecule has 2 aromatic carbocycles. The van der Waals surface area contributed by atoms with E-state index < -0.39 is 0 Å². The molecule has 0 radical (unpaired) electrons. The smallest absolute Gasteiger partial charge is 0.0579 e. The molecule has 0 atom stereocenters. The maximum atomic E-state index is 3.67. The van der Waals surface area contributed by atoms with Crippen LogP contribution in [-0.4, -0.2) is 4.57 Å². The topological polar surface area (TPSA) is 17.0 Å². The molecule has 0 saturated heterocycles. The monoisotopic (exact) mass is 276 g/mol. The summed E-state index contributed by atoms with van der Waals surface area (Å²) in [6.07, 6.45) is 2.08. The molecule has 0 saturated carbocycles. The van der Waals surface area contributed by atoms with Gasteiger partial charge in [0.05, 0.1) is 6.04 Å². The van der Waals surface area contributed by atoms with Gasteiger partial charge in [0.25, 0.3) is 0 Å². The summed E-state index contributed by atoms with van der Waals surface area (Å²) in [5, 5.41) is 3.67. The van der Waals surface area contributed by atoms with Crippen molar-refractivity contribution >= 4 is 0 Å². The first-order chi connectivity index (χ1) is 10.3. The van der Waals surface area contributed by atoms with Crippen molar-refractivity contribution in [2.24, 2.45) is 7.05 Å². The van der Waals surface area contributed by atoms with Crippen LogP contribution < -0.4 is 5.32 Å². The quantitative estimate of drug-likeness (QED) is 0.747. The lowest BCUT2D eigenvalue weighted by molar-refractivity contribution is 0.584.